The number of carbonyl (C=O) groups is 1. The average Bonchev–Trinajstić information content (AvgIpc) is 2.41. The second kappa shape index (κ2) is 7.45. The van der Waals surface area contributed by atoms with Gasteiger partial charge >= 0.3 is 0 Å². The maximum atomic E-state index is 12.6. The van der Waals surface area contributed by atoms with E-state index in [1.165, 1.54) is 6.42 Å². The van der Waals surface area contributed by atoms with Crippen molar-refractivity contribution in [1.82, 2.24) is 4.90 Å². The molecule has 1 aliphatic rings. The van der Waals surface area contributed by atoms with Crippen molar-refractivity contribution in [2.45, 2.75) is 32.2 Å². The van der Waals surface area contributed by atoms with Crippen LogP contribution in [0.4, 0.5) is 0 Å². The highest BCUT2D eigenvalue weighted by Crippen LogP contribution is 2.23. The highest BCUT2D eigenvalue weighted by molar-refractivity contribution is 14.1. The fraction of sp³-hybridized carbons (Fsp3) is 0.500. The number of rotatable bonds is 2. The van der Waals surface area contributed by atoms with E-state index in [4.69, 9.17) is 5.73 Å². The fourth-order valence-electron chi connectivity index (χ4n) is 2.48. The van der Waals surface area contributed by atoms with Crippen LogP contribution in [0.25, 0.3) is 0 Å². The van der Waals surface area contributed by atoms with Crippen LogP contribution in [-0.2, 0) is 0 Å². The van der Waals surface area contributed by atoms with Gasteiger partial charge < -0.3 is 10.6 Å². The zero-order valence-electron chi connectivity index (χ0n) is 11.1. The normalized spacial score (nSPS) is 18.9. The highest BCUT2D eigenvalue weighted by Gasteiger charge is 2.27. The molecule has 3 nitrogen and oxygen atoms in total. The molecule has 1 saturated heterocycles. The maximum absolute atomic E-state index is 12.6. The number of likely N-dealkylation sites (tertiary alicyclic amines) is 1. The second-order valence-corrected chi connectivity index (χ2v) is 5.90. The predicted molar refractivity (Wildman–Crippen MR) is 88.9 cm³/mol. The van der Waals surface area contributed by atoms with Crippen LogP contribution in [0.15, 0.2) is 18.2 Å². The van der Waals surface area contributed by atoms with Gasteiger partial charge in [-0.15, -0.1) is 12.4 Å². The van der Waals surface area contributed by atoms with Crippen LogP contribution in [0, 0.1) is 10.5 Å². The van der Waals surface area contributed by atoms with Gasteiger partial charge in [0.05, 0.1) is 5.56 Å². The maximum Gasteiger partial charge on any atom is 0.255 e. The molecule has 2 N–H and O–H groups in total. The first-order chi connectivity index (χ1) is 8.65. The minimum atomic E-state index is 0. The molecule has 1 aliphatic heterocycles. The lowest BCUT2D eigenvalue weighted by Crippen LogP contribution is -2.47. The summed E-state index contributed by atoms with van der Waals surface area (Å²) in [6.07, 6.45) is 3.30. The Morgan fingerprint density at radius 1 is 1.47 bits per heavy atom. The Labute approximate surface area is 134 Å². The minimum absolute atomic E-state index is 0. The monoisotopic (exact) mass is 394 g/mol. The first-order valence-electron chi connectivity index (χ1n) is 6.41. The summed E-state index contributed by atoms with van der Waals surface area (Å²) >= 11 is 2.26. The van der Waals surface area contributed by atoms with Crippen LogP contribution in [0.1, 0.15) is 35.2 Å². The van der Waals surface area contributed by atoms with Crippen LogP contribution in [0.5, 0.6) is 0 Å². The van der Waals surface area contributed by atoms with Crippen molar-refractivity contribution in [3.63, 3.8) is 0 Å². The van der Waals surface area contributed by atoms with Gasteiger partial charge in [0.15, 0.2) is 0 Å². The molecule has 1 aromatic rings. The number of aryl methyl sites for hydroxylation is 1. The lowest BCUT2D eigenvalue weighted by atomic mass is 10.0. The van der Waals surface area contributed by atoms with Crippen LogP contribution in [0.2, 0.25) is 0 Å². The van der Waals surface area contributed by atoms with E-state index in [0.717, 1.165) is 34.1 Å². The summed E-state index contributed by atoms with van der Waals surface area (Å²) < 4.78 is 1.06. The van der Waals surface area contributed by atoms with Gasteiger partial charge in [-0.2, -0.15) is 0 Å². The topological polar surface area (TPSA) is 46.3 Å². The van der Waals surface area contributed by atoms with Crippen molar-refractivity contribution < 1.29 is 4.79 Å². The first kappa shape index (κ1) is 16.7. The third-order valence-corrected chi connectivity index (χ3v) is 5.01. The van der Waals surface area contributed by atoms with E-state index in [-0.39, 0.29) is 24.4 Å². The van der Waals surface area contributed by atoms with Gasteiger partial charge in [-0.25, -0.2) is 0 Å². The average molecular weight is 395 g/mol. The molecule has 1 unspecified atom stereocenters. The molecule has 5 heteroatoms. The minimum Gasteiger partial charge on any atom is -0.334 e. The Morgan fingerprint density at radius 3 is 2.89 bits per heavy atom. The van der Waals surface area contributed by atoms with Crippen molar-refractivity contribution >= 4 is 40.9 Å². The molecule has 0 bridgehead atoms. The van der Waals surface area contributed by atoms with Crippen molar-refractivity contribution in [3.05, 3.63) is 32.9 Å². The lowest BCUT2D eigenvalue weighted by molar-refractivity contribution is 0.0622. The lowest BCUT2D eigenvalue weighted by Gasteiger charge is -2.35. The van der Waals surface area contributed by atoms with Crippen LogP contribution in [-0.4, -0.2) is 29.9 Å². The number of piperidine rings is 1. The highest BCUT2D eigenvalue weighted by atomic mass is 127. The molecule has 2 rings (SSSR count). The van der Waals surface area contributed by atoms with Gasteiger partial charge in [-0.1, -0.05) is 12.1 Å². The molecule has 0 spiro atoms. The molecular weight excluding hydrogens is 375 g/mol. The summed E-state index contributed by atoms with van der Waals surface area (Å²) in [5.74, 6) is 0.137. The summed E-state index contributed by atoms with van der Waals surface area (Å²) in [6, 6.07) is 6.11. The van der Waals surface area contributed by atoms with E-state index in [1.54, 1.807) is 0 Å². The number of carbonyl (C=O) groups excluding carboxylic acids is 1. The van der Waals surface area contributed by atoms with Crippen molar-refractivity contribution in [2.75, 3.05) is 13.1 Å². The smallest absolute Gasteiger partial charge is 0.255 e. The van der Waals surface area contributed by atoms with E-state index in [2.05, 4.69) is 22.6 Å². The predicted octanol–water partition coefficient (Wildman–Crippen LogP) is 2.97. The van der Waals surface area contributed by atoms with E-state index in [0.29, 0.717) is 6.54 Å². The summed E-state index contributed by atoms with van der Waals surface area (Å²) in [5, 5.41) is 0. The Morgan fingerprint density at radius 2 is 2.21 bits per heavy atom. The zero-order valence-corrected chi connectivity index (χ0v) is 14.0. The van der Waals surface area contributed by atoms with Crippen molar-refractivity contribution in [2.24, 2.45) is 5.73 Å². The third kappa shape index (κ3) is 3.61. The summed E-state index contributed by atoms with van der Waals surface area (Å²) in [5.41, 5.74) is 7.75. The van der Waals surface area contributed by atoms with E-state index >= 15 is 0 Å². The number of hydrogen-bond donors (Lipinski definition) is 1. The summed E-state index contributed by atoms with van der Waals surface area (Å²) in [6.45, 7) is 3.44. The van der Waals surface area contributed by atoms with Gasteiger partial charge in [0.1, 0.15) is 0 Å². The Kier molecular flexibility index (Phi) is 6.56. The van der Waals surface area contributed by atoms with E-state index < -0.39 is 0 Å². The third-order valence-electron chi connectivity index (χ3n) is 3.58. The Hall–Kier alpha value is -0.330. The molecule has 0 aromatic heterocycles. The fourth-order valence-corrected chi connectivity index (χ4v) is 3.07. The van der Waals surface area contributed by atoms with Gasteiger partial charge in [0, 0.05) is 22.7 Å². The molecule has 1 amide bonds. The molecule has 1 aromatic carbocycles. The number of halogens is 2. The first-order valence-corrected chi connectivity index (χ1v) is 7.49. The quantitative estimate of drug-likeness (QED) is 0.784. The molecule has 1 heterocycles. The molecule has 1 atom stereocenters. The van der Waals surface area contributed by atoms with Gasteiger partial charge in [0.2, 0.25) is 0 Å². The largest absolute Gasteiger partial charge is 0.334 e. The number of amides is 1. The van der Waals surface area contributed by atoms with Crippen molar-refractivity contribution in [3.8, 4) is 0 Å². The number of nitrogens with zero attached hydrogens (tertiary/aromatic N) is 1. The molecule has 0 saturated carbocycles. The second-order valence-electron chi connectivity index (χ2n) is 4.82. The van der Waals surface area contributed by atoms with E-state index in [1.807, 2.05) is 30.0 Å². The van der Waals surface area contributed by atoms with Crippen LogP contribution < -0.4 is 5.73 Å². The number of benzene rings is 1. The van der Waals surface area contributed by atoms with Crippen LogP contribution >= 0.6 is 35.0 Å². The molecular formula is C14H20ClIN2O. The number of nitrogens with two attached hydrogens (primary N) is 1. The molecule has 19 heavy (non-hydrogen) atoms. The van der Waals surface area contributed by atoms with E-state index in [9.17, 15) is 4.79 Å². The molecule has 0 radical (unpaired) electrons. The van der Waals surface area contributed by atoms with Crippen molar-refractivity contribution in [1.29, 1.82) is 0 Å². The zero-order chi connectivity index (χ0) is 13.1. The standard InChI is InChI=1S/C14H19IN2O.ClH/c1-10-5-4-7-12(13(10)15)14(18)17-8-3-2-6-11(17)9-16;/h4-5,7,11H,2-3,6,8-9,16H2,1H3;1H. The van der Waals surface area contributed by atoms with Crippen LogP contribution in [0.3, 0.4) is 0 Å². The number of hydrogen-bond acceptors (Lipinski definition) is 2. The van der Waals surface area contributed by atoms with Gasteiger partial charge in [0.25, 0.3) is 5.91 Å². The van der Waals surface area contributed by atoms with Gasteiger partial charge in [-0.05, 0) is 60.4 Å². The Bertz CT molecular complexity index is 453. The Balaban J connectivity index is 0.00000180. The van der Waals surface area contributed by atoms with Gasteiger partial charge in [-0.3, -0.25) is 4.79 Å². The summed E-state index contributed by atoms with van der Waals surface area (Å²) in [4.78, 5) is 14.6. The molecule has 1 fully saturated rings. The summed E-state index contributed by atoms with van der Waals surface area (Å²) in [7, 11) is 0. The SMILES string of the molecule is Cc1cccc(C(=O)N2CCCCC2CN)c1I.Cl. The molecule has 0 aliphatic carbocycles. The molecule has 106 valence electrons.